The second-order valence-electron chi connectivity index (χ2n) is 8.43. The zero-order chi connectivity index (χ0) is 18.0. The quantitative estimate of drug-likeness (QED) is 0.761. The average Bonchev–Trinajstić information content (AvgIpc) is 2.81. The van der Waals surface area contributed by atoms with Gasteiger partial charge in [0.1, 0.15) is 0 Å². The molecular formula is C19H25BO4S. The minimum atomic E-state index is -2.93. The van der Waals surface area contributed by atoms with Gasteiger partial charge in [0.15, 0.2) is 9.84 Å². The monoisotopic (exact) mass is 360 g/mol. The zero-order valence-electron chi connectivity index (χ0n) is 15.3. The van der Waals surface area contributed by atoms with Crippen molar-refractivity contribution in [1.82, 2.24) is 0 Å². The predicted octanol–water partition coefficient (Wildman–Crippen LogP) is 2.72. The van der Waals surface area contributed by atoms with Gasteiger partial charge in [-0.15, -0.1) is 0 Å². The number of allylic oxidation sites excluding steroid dienone is 1. The molecule has 3 aliphatic heterocycles. The molecule has 0 radical (unpaired) electrons. The van der Waals surface area contributed by atoms with E-state index in [1.165, 1.54) is 0 Å². The van der Waals surface area contributed by atoms with Crippen LogP contribution in [0.25, 0.3) is 5.57 Å². The number of fused-ring (bicyclic) bond motifs is 2. The van der Waals surface area contributed by atoms with Crippen LogP contribution in [0.15, 0.2) is 30.3 Å². The van der Waals surface area contributed by atoms with Gasteiger partial charge < -0.3 is 9.31 Å². The first kappa shape index (κ1) is 17.3. The summed E-state index contributed by atoms with van der Waals surface area (Å²) in [6, 6.07) is 8.18. The number of hydrogen-bond acceptors (Lipinski definition) is 4. The van der Waals surface area contributed by atoms with E-state index >= 15 is 0 Å². The first-order chi connectivity index (χ1) is 11.6. The fourth-order valence-electron chi connectivity index (χ4n) is 3.91. The van der Waals surface area contributed by atoms with Crippen LogP contribution < -0.4 is 5.46 Å². The molecule has 0 saturated carbocycles. The number of sulfone groups is 1. The van der Waals surface area contributed by atoms with Crippen LogP contribution in [0.1, 0.15) is 52.5 Å². The molecule has 3 aliphatic rings. The maximum atomic E-state index is 12.2. The van der Waals surface area contributed by atoms with Crippen molar-refractivity contribution in [1.29, 1.82) is 0 Å². The van der Waals surface area contributed by atoms with Crippen molar-refractivity contribution in [3.8, 4) is 0 Å². The minimum Gasteiger partial charge on any atom is -0.399 e. The van der Waals surface area contributed by atoms with E-state index in [-0.39, 0.29) is 28.8 Å². The molecule has 0 amide bonds. The highest BCUT2D eigenvalue weighted by Gasteiger charge is 2.51. The molecule has 3 heterocycles. The van der Waals surface area contributed by atoms with Crippen LogP contribution in [0, 0.1) is 0 Å². The second-order valence-corrected chi connectivity index (χ2v) is 10.9. The minimum absolute atomic E-state index is 0.194. The smallest absolute Gasteiger partial charge is 0.399 e. The van der Waals surface area contributed by atoms with Crippen molar-refractivity contribution >= 4 is 28.0 Å². The fraction of sp³-hybridized carbons (Fsp3) is 0.579. The lowest BCUT2D eigenvalue weighted by Crippen LogP contribution is -2.41. The van der Waals surface area contributed by atoms with Crippen molar-refractivity contribution in [2.45, 2.75) is 68.7 Å². The first-order valence-corrected chi connectivity index (χ1v) is 10.6. The second kappa shape index (κ2) is 5.45. The molecule has 2 bridgehead atoms. The molecule has 2 fully saturated rings. The third-order valence-electron chi connectivity index (χ3n) is 6.30. The maximum Gasteiger partial charge on any atom is 0.494 e. The Bertz CT molecular complexity index is 807. The van der Waals surface area contributed by atoms with E-state index in [1.54, 1.807) is 0 Å². The van der Waals surface area contributed by atoms with Gasteiger partial charge in [-0.05, 0) is 63.6 Å². The van der Waals surface area contributed by atoms with E-state index < -0.39 is 9.84 Å². The standard InChI is InChI=1S/C19H25BO4S/c1-18(2)19(3,4)24-20(23-18)15-7-5-13(6-8-15)14-11-16-9-10-17(12-14)25(16,21)22/h5-8,11,16-17H,9-10,12H2,1-4H3. The van der Waals surface area contributed by atoms with E-state index in [1.807, 2.05) is 45.9 Å². The molecule has 0 spiro atoms. The van der Waals surface area contributed by atoms with Gasteiger partial charge in [-0.1, -0.05) is 30.3 Å². The summed E-state index contributed by atoms with van der Waals surface area (Å²) in [5.41, 5.74) is 2.55. The molecule has 2 saturated heterocycles. The zero-order valence-corrected chi connectivity index (χ0v) is 16.1. The molecule has 134 valence electrons. The van der Waals surface area contributed by atoms with Crippen molar-refractivity contribution < 1.29 is 17.7 Å². The van der Waals surface area contributed by atoms with E-state index in [0.717, 1.165) is 29.4 Å². The van der Waals surface area contributed by atoms with Crippen LogP contribution in [0.3, 0.4) is 0 Å². The molecule has 25 heavy (non-hydrogen) atoms. The Morgan fingerprint density at radius 3 is 2.16 bits per heavy atom. The number of rotatable bonds is 2. The third kappa shape index (κ3) is 2.70. The Morgan fingerprint density at radius 2 is 1.60 bits per heavy atom. The summed E-state index contributed by atoms with van der Waals surface area (Å²) in [4.78, 5) is 0. The molecule has 0 aliphatic carbocycles. The summed E-state index contributed by atoms with van der Waals surface area (Å²) in [7, 11) is -3.30. The fourth-order valence-corrected chi connectivity index (χ4v) is 6.10. The van der Waals surface area contributed by atoms with Crippen LogP contribution in [-0.4, -0.2) is 37.2 Å². The Hall–Kier alpha value is -1.11. The van der Waals surface area contributed by atoms with Crippen LogP contribution in [0.2, 0.25) is 0 Å². The summed E-state index contributed by atoms with van der Waals surface area (Å²) in [5, 5.41) is -0.482. The molecule has 2 atom stereocenters. The average molecular weight is 360 g/mol. The Labute approximate surface area is 150 Å². The molecule has 2 unspecified atom stereocenters. The van der Waals surface area contributed by atoms with Gasteiger partial charge >= 0.3 is 7.12 Å². The lowest BCUT2D eigenvalue weighted by molar-refractivity contribution is 0.00578. The van der Waals surface area contributed by atoms with Gasteiger partial charge in [0.25, 0.3) is 0 Å². The van der Waals surface area contributed by atoms with Gasteiger partial charge in [-0.3, -0.25) is 0 Å². The summed E-state index contributed by atoms with van der Waals surface area (Å²) in [6.07, 6.45) is 4.15. The molecule has 0 aromatic heterocycles. The summed E-state index contributed by atoms with van der Waals surface area (Å²) in [6.45, 7) is 8.18. The highest BCUT2D eigenvalue weighted by atomic mass is 32.2. The van der Waals surface area contributed by atoms with Gasteiger partial charge in [0.05, 0.1) is 21.7 Å². The number of benzene rings is 1. The van der Waals surface area contributed by atoms with Crippen LogP contribution in [0.5, 0.6) is 0 Å². The SMILES string of the molecule is CC1(C)OB(c2ccc(C3=CC4CCC(C3)S4(=O)=O)cc2)OC1(C)C. The van der Waals surface area contributed by atoms with E-state index in [9.17, 15) is 8.42 Å². The van der Waals surface area contributed by atoms with E-state index in [0.29, 0.717) is 6.42 Å². The largest absolute Gasteiger partial charge is 0.494 e. The molecule has 0 N–H and O–H groups in total. The van der Waals surface area contributed by atoms with Gasteiger partial charge in [0, 0.05) is 0 Å². The summed E-state index contributed by atoms with van der Waals surface area (Å²) in [5.74, 6) is 0. The molecule has 1 aromatic rings. The molecule has 4 rings (SSSR count). The Kier molecular flexibility index (Phi) is 3.77. The van der Waals surface area contributed by atoms with Crippen LogP contribution in [-0.2, 0) is 19.1 Å². The Morgan fingerprint density at radius 1 is 1.00 bits per heavy atom. The topological polar surface area (TPSA) is 52.6 Å². The molecule has 4 nitrogen and oxygen atoms in total. The van der Waals surface area contributed by atoms with Crippen molar-refractivity contribution in [3.05, 3.63) is 35.9 Å². The van der Waals surface area contributed by atoms with Crippen molar-refractivity contribution in [2.24, 2.45) is 0 Å². The van der Waals surface area contributed by atoms with Crippen LogP contribution in [0.4, 0.5) is 0 Å². The van der Waals surface area contributed by atoms with Gasteiger partial charge in [-0.25, -0.2) is 8.42 Å². The van der Waals surface area contributed by atoms with Crippen LogP contribution >= 0.6 is 0 Å². The lowest BCUT2D eigenvalue weighted by Gasteiger charge is -2.32. The molecule has 1 aromatic carbocycles. The third-order valence-corrected chi connectivity index (χ3v) is 8.85. The Balaban J connectivity index is 1.56. The highest BCUT2D eigenvalue weighted by molar-refractivity contribution is 7.93. The number of hydrogen-bond donors (Lipinski definition) is 0. The van der Waals surface area contributed by atoms with Crippen molar-refractivity contribution in [3.63, 3.8) is 0 Å². The maximum absolute atomic E-state index is 12.2. The molecule has 6 heteroatoms. The van der Waals surface area contributed by atoms with Gasteiger partial charge in [-0.2, -0.15) is 0 Å². The highest BCUT2D eigenvalue weighted by Crippen LogP contribution is 2.41. The lowest BCUT2D eigenvalue weighted by atomic mass is 9.78. The van der Waals surface area contributed by atoms with E-state index in [2.05, 4.69) is 12.1 Å². The summed E-state index contributed by atoms with van der Waals surface area (Å²) < 4.78 is 36.6. The normalized spacial score (nSPS) is 31.8. The predicted molar refractivity (Wildman–Crippen MR) is 100 cm³/mol. The summed E-state index contributed by atoms with van der Waals surface area (Å²) >= 11 is 0. The first-order valence-electron chi connectivity index (χ1n) is 8.99. The van der Waals surface area contributed by atoms with Crippen molar-refractivity contribution in [2.75, 3.05) is 0 Å². The van der Waals surface area contributed by atoms with Gasteiger partial charge in [0.2, 0.25) is 0 Å². The molecular weight excluding hydrogens is 335 g/mol. The van der Waals surface area contributed by atoms with E-state index in [4.69, 9.17) is 9.31 Å².